The van der Waals surface area contributed by atoms with Gasteiger partial charge in [-0.1, -0.05) is 54.1 Å². The third kappa shape index (κ3) is 5.46. The Morgan fingerprint density at radius 2 is 1.81 bits per heavy atom. The summed E-state index contributed by atoms with van der Waals surface area (Å²) in [5, 5.41) is 2.58. The number of aryl methyl sites for hydroxylation is 1. The number of halogens is 1. The number of methoxy groups -OCH3 is 1. The van der Waals surface area contributed by atoms with E-state index in [1.54, 1.807) is 43.5 Å². The van der Waals surface area contributed by atoms with Gasteiger partial charge in [0.05, 0.1) is 13.7 Å². The molecule has 0 bridgehead atoms. The van der Waals surface area contributed by atoms with Crippen LogP contribution in [0.15, 0.2) is 79.0 Å². The number of imide groups is 1. The highest BCUT2D eigenvalue weighted by Gasteiger charge is 2.34. The minimum absolute atomic E-state index is 0.0938. The van der Waals surface area contributed by atoms with Crippen molar-refractivity contribution in [3.8, 4) is 11.5 Å². The van der Waals surface area contributed by atoms with Crippen molar-refractivity contribution >= 4 is 18.0 Å². The van der Waals surface area contributed by atoms with E-state index in [9.17, 15) is 14.0 Å². The molecule has 3 aromatic rings. The first kappa shape index (κ1) is 24.7. The smallest absolute Gasteiger partial charge is 0.329 e. The van der Waals surface area contributed by atoms with Crippen LogP contribution in [0.25, 0.3) is 6.08 Å². The Kier molecular flexibility index (Phi) is 7.49. The highest BCUT2D eigenvalue weighted by molar-refractivity contribution is 6.13. The van der Waals surface area contributed by atoms with Crippen molar-refractivity contribution in [1.82, 2.24) is 10.2 Å². The summed E-state index contributed by atoms with van der Waals surface area (Å²) in [5.74, 6) is 0.0686. The number of carbonyl (C=O) groups is 2. The van der Waals surface area contributed by atoms with Crippen molar-refractivity contribution in [3.05, 3.63) is 113 Å². The van der Waals surface area contributed by atoms with Crippen LogP contribution in [0, 0.1) is 12.7 Å². The topological polar surface area (TPSA) is 67.9 Å². The Bertz CT molecular complexity index is 1330. The molecule has 36 heavy (non-hydrogen) atoms. The molecule has 1 heterocycles. The molecule has 0 saturated carbocycles. The maximum Gasteiger partial charge on any atom is 0.329 e. The van der Waals surface area contributed by atoms with Gasteiger partial charge in [0, 0.05) is 11.1 Å². The summed E-state index contributed by atoms with van der Waals surface area (Å²) in [6, 6.07) is 17.1. The fourth-order valence-electron chi connectivity index (χ4n) is 3.91. The van der Waals surface area contributed by atoms with E-state index in [-0.39, 0.29) is 17.8 Å². The van der Waals surface area contributed by atoms with Crippen molar-refractivity contribution in [1.29, 1.82) is 0 Å². The Balaban J connectivity index is 1.59. The third-order valence-electron chi connectivity index (χ3n) is 5.80. The molecule has 0 spiro atoms. The Morgan fingerprint density at radius 1 is 1.06 bits per heavy atom. The second-order valence-electron chi connectivity index (χ2n) is 8.45. The quantitative estimate of drug-likeness (QED) is 0.245. The van der Waals surface area contributed by atoms with Crippen LogP contribution in [0.2, 0.25) is 0 Å². The Labute approximate surface area is 209 Å². The molecular weight excluding hydrogens is 459 g/mol. The van der Waals surface area contributed by atoms with Crippen LogP contribution in [0.3, 0.4) is 0 Å². The van der Waals surface area contributed by atoms with E-state index in [2.05, 4.69) is 11.9 Å². The summed E-state index contributed by atoms with van der Waals surface area (Å²) in [5.41, 5.74) is 4.00. The minimum Gasteiger partial charge on any atom is -0.493 e. The van der Waals surface area contributed by atoms with Gasteiger partial charge < -0.3 is 14.8 Å². The van der Waals surface area contributed by atoms with Crippen LogP contribution >= 0.6 is 0 Å². The number of rotatable bonds is 9. The predicted molar refractivity (Wildman–Crippen MR) is 136 cm³/mol. The van der Waals surface area contributed by atoms with Gasteiger partial charge in [0.25, 0.3) is 5.91 Å². The number of allylic oxidation sites excluding steroid dienone is 1. The normalized spacial score (nSPS) is 14.2. The zero-order valence-electron chi connectivity index (χ0n) is 20.2. The zero-order chi connectivity index (χ0) is 25.7. The van der Waals surface area contributed by atoms with Crippen molar-refractivity contribution in [2.24, 2.45) is 0 Å². The summed E-state index contributed by atoms with van der Waals surface area (Å²) >= 11 is 0. The van der Waals surface area contributed by atoms with Crippen LogP contribution in [0.1, 0.15) is 27.8 Å². The summed E-state index contributed by atoms with van der Waals surface area (Å²) < 4.78 is 25.8. The predicted octanol–water partition coefficient (Wildman–Crippen LogP) is 5.54. The summed E-state index contributed by atoms with van der Waals surface area (Å²) in [6.45, 7) is 6.06. The molecule has 1 saturated heterocycles. The van der Waals surface area contributed by atoms with E-state index in [4.69, 9.17) is 9.47 Å². The molecule has 0 aromatic heterocycles. The van der Waals surface area contributed by atoms with Crippen LogP contribution < -0.4 is 14.8 Å². The van der Waals surface area contributed by atoms with Gasteiger partial charge >= 0.3 is 6.03 Å². The SMILES string of the molecule is C=CCc1cc(/C=C2/NC(=O)N(Cc3ccccc3F)C2=O)cc(OC)c1OCc1ccc(C)cc1. The van der Waals surface area contributed by atoms with Crippen LogP contribution in [0.4, 0.5) is 9.18 Å². The molecule has 7 heteroatoms. The number of carbonyl (C=O) groups excluding carboxylic acids is 2. The van der Waals surface area contributed by atoms with E-state index < -0.39 is 17.8 Å². The number of amides is 3. The lowest BCUT2D eigenvalue weighted by Crippen LogP contribution is -2.30. The van der Waals surface area contributed by atoms with Crippen molar-refractivity contribution in [3.63, 3.8) is 0 Å². The van der Waals surface area contributed by atoms with Gasteiger partial charge in [0.2, 0.25) is 0 Å². The van der Waals surface area contributed by atoms with Gasteiger partial charge in [-0.2, -0.15) is 0 Å². The van der Waals surface area contributed by atoms with E-state index in [1.165, 1.54) is 11.6 Å². The number of ether oxygens (including phenoxy) is 2. The molecule has 0 aliphatic carbocycles. The Hall–Kier alpha value is -4.39. The highest BCUT2D eigenvalue weighted by Crippen LogP contribution is 2.35. The lowest BCUT2D eigenvalue weighted by molar-refractivity contribution is -0.123. The Morgan fingerprint density at radius 3 is 2.50 bits per heavy atom. The van der Waals surface area contributed by atoms with Gasteiger partial charge in [0.1, 0.15) is 18.1 Å². The maximum atomic E-state index is 14.1. The first-order chi connectivity index (χ1) is 17.4. The van der Waals surface area contributed by atoms with Crippen molar-refractivity contribution in [2.45, 2.75) is 26.5 Å². The molecule has 0 unspecified atom stereocenters. The average molecular weight is 487 g/mol. The van der Waals surface area contributed by atoms with Crippen LogP contribution in [-0.4, -0.2) is 23.9 Å². The van der Waals surface area contributed by atoms with Crippen LogP contribution in [0.5, 0.6) is 11.5 Å². The van der Waals surface area contributed by atoms with Gasteiger partial charge in [-0.3, -0.25) is 9.69 Å². The molecule has 1 aliphatic heterocycles. The lowest BCUT2D eigenvalue weighted by Gasteiger charge is -2.16. The number of urea groups is 1. The maximum absolute atomic E-state index is 14.1. The minimum atomic E-state index is -0.606. The largest absolute Gasteiger partial charge is 0.493 e. The molecular formula is C29H27FN2O4. The number of nitrogens with one attached hydrogen (secondary N) is 1. The molecule has 1 aliphatic rings. The molecule has 0 atom stereocenters. The van der Waals surface area contributed by atoms with E-state index in [1.807, 2.05) is 37.3 Å². The summed E-state index contributed by atoms with van der Waals surface area (Å²) in [4.78, 5) is 26.4. The first-order valence-corrected chi connectivity index (χ1v) is 11.5. The number of hydrogen-bond donors (Lipinski definition) is 1. The molecule has 3 aromatic carbocycles. The molecule has 6 nitrogen and oxygen atoms in total. The fraction of sp³-hybridized carbons (Fsp3) is 0.172. The van der Waals surface area contributed by atoms with Crippen molar-refractivity contribution in [2.75, 3.05) is 7.11 Å². The average Bonchev–Trinajstić information content (AvgIpc) is 3.12. The zero-order valence-corrected chi connectivity index (χ0v) is 20.2. The van der Waals surface area contributed by atoms with E-state index >= 15 is 0 Å². The second-order valence-corrected chi connectivity index (χ2v) is 8.45. The van der Waals surface area contributed by atoms with Gasteiger partial charge in [-0.05, 0) is 48.7 Å². The van der Waals surface area contributed by atoms with Crippen molar-refractivity contribution < 1.29 is 23.5 Å². The van der Waals surface area contributed by atoms with Gasteiger partial charge in [-0.15, -0.1) is 6.58 Å². The van der Waals surface area contributed by atoms with E-state index in [0.717, 1.165) is 16.0 Å². The number of benzene rings is 3. The highest BCUT2D eigenvalue weighted by atomic mass is 19.1. The summed E-state index contributed by atoms with van der Waals surface area (Å²) in [6.07, 6.45) is 3.83. The standard InChI is InChI=1S/C29H27FN2O4/c1-4-7-22-14-21(16-26(35-3)27(22)36-18-20-12-10-19(2)11-13-20)15-25-28(33)32(29(34)31-25)17-23-8-5-6-9-24(23)30/h4-6,8-16H,1,7,17-18H2,2-3H3,(H,31,34)/b25-15+. The third-order valence-corrected chi connectivity index (χ3v) is 5.80. The fourth-order valence-corrected chi connectivity index (χ4v) is 3.91. The number of hydrogen-bond acceptors (Lipinski definition) is 4. The molecule has 4 rings (SSSR count). The van der Waals surface area contributed by atoms with Gasteiger partial charge in [-0.25, -0.2) is 9.18 Å². The summed E-state index contributed by atoms with van der Waals surface area (Å²) in [7, 11) is 1.54. The molecule has 0 radical (unpaired) electrons. The molecule has 1 fully saturated rings. The van der Waals surface area contributed by atoms with Crippen LogP contribution in [-0.2, 0) is 24.4 Å². The molecule has 3 amide bonds. The van der Waals surface area contributed by atoms with E-state index in [0.29, 0.717) is 30.1 Å². The molecule has 1 N–H and O–H groups in total. The lowest BCUT2D eigenvalue weighted by atomic mass is 10.0. The molecule has 184 valence electrons. The monoisotopic (exact) mass is 486 g/mol. The van der Waals surface area contributed by atoms with Gasteiger partial charge in [0.15, 0.2) is 11.5 Å². The second kappa shape index (κ2) is 10.9. The first-order valence-electron chi connectivity index (χ1n) is 11.5. The number of nitrogens with zero attached hydrogens (tertiary/aromatic N) is 1.